The number of rotatable bonds is 5. The minimum atomic E-state index is 0.775. The molecular weight excluding hydrogens is 232 g/mol. The van der Waals surface area contributed by atoms with Gasteiger partial charge in [0.05, 0.1) is 0 Å². The van der Waals surface area contributed by atoms with E-state index in [4.69, 9.17) is 6.42 Å². The maximum absolute atomic E-state index is 5.25. The predicted octanol–water partition coefficient (Wildman–Crippen LogP) is 3.21. The van der Waals surface area contributed by atoms with Gasteiger partial charge in [-0.3, -0.25) is 0 Å². The second-order valence-corrected chi connectivity index (χ2v) is 4.70. The van der Waals surface area contributed by atoms with Crippen molar-refractivity contribution >= 4 is 0 Å². The Labute approximate surface area is 115 Å². The van der Waals surface area contributed by atoms with Crippen LogP contribution in [0, 0.1) is 26.2 Å². The van der Waals surface area contributed by atoms with E-state index in [1.165, 1.54) is 22.6 Å². The molecule has 2 heteroatoms. The summed E-state index contributed by atoms with van der Waals surface area (Å²) in [5.41, 5.74) is 5.10. The van der Waals surface area contributed by atoms with E-state index >= 15 is 0 Å². The molecule has 0 saturated carbocycles. The van der Waals surface area contributed by atoms with Gasteiger partial charge in [0.25, 0.3) is 0 Å². The SMILES string of the molecule is C#CCCNCc1cc(C)n(-c2ccccc2)c1C. The van der Waals surface area contributed by atoms with Gasteiger partial charge in [-0.2, -0.15) is 0 Å². The van der Waals surface area contributed by atoms with Gasteiger partial charge in [0.1, 0.15) is 0 Å². The molecule has 0 aliphatic carbocycles. The smallest absolute Gasteiger partial charge is 0.0455 e. The minimum Gasteiger partial charge on any atom is -0.318 e. The molecule has 2 aromatic rings. The summed E-state index contributed by atoms with van der Waals surface area (Å²) in [4.78, 5) is 0. The average Bonchev–Trinajstić information content (AvgIpc) is 2.71. The van der Waals surface area contributed by atoms with Gasteiger partial charge < -0.3 is 9.88 Å². The second kappa shape index (κ2) is 6.26. The summed E-state index contributed by atoms with van der Waals surface area (Å²) < 4.78 is 2.29. The summed E-state index contributed by atoms with van der Waals surface area (Å²) in [5, 5.41) is 3.38. The maximum Gasteiger partial charge on any atom is 0.0455 e. The highest BCUT2D eigenvalue weighted by atomic mass is 15.0. The first-order valence-corrected chi connectivity index (χ1v) is 6.61. The van der Waals surface area contributed by atoms with Crippen LogP contribution in [0.25, 0.3) is 5.69 Å². The van der Waals surface area contributed by atoms with E-state index in [0.717, 1.165) is 19.5 Å². The van der Waals surface area contributed by atoms with Crippen molar-refractivity contribution in [1.29, 1.82) is 0 Å². The maximum atomic E-state index is 5.25. The first-order valence-electron chi connectivity index (χ1n) is 6.61. The van der Waals surface area contributed by atoms with Crippen LogP contribution in [0.3, 0.4) is 0 Å². The highest BCUT2D eigenvalue weighted by Gasteiger charge is 2.09. The lowest BCUT2D eigenvalue weighted by molar-refractivity contribution is 0.697. The Hall–Kier alpha value is -1.98. The number of hydrogen-bond donors (Lipinski definition) is 1. The third-order valence-electron chi connectivity index (χ3n) is 3.31. The lowest BCUT2D eigenvalue weighted by Gasteiger charge is -2.10. The largest absolute Gasteiger partial charge is 0.318 e. The Balaban J connectivity index is 2.19. The molecule has 0 radical (unpaired) electrons. The molecule has 0 aliphatic heterocycles. The fraction of sp³-hybridized carbons (Fsp3) is 0.294. The molecule has 0 fully saturated rings. The van der Waals surface area contributed by atoms with Crippen LogP contribution in [0.1, 0.15) is 23.4 Å². The van der Waals surface area contributed by atoms with Crippen LogP contribution in [0.5, 0.6) is 0 Å². The van der Waals surface area contributed by atoms with E-state index in [2.05, 4.69) is 60.0 Å². The van der Waals surface area contributed by atoms with Crippen LogP contribution >= 0.6 is 0 Å². The molecule has 19 heavy (non-hydrogen) atoms. The van der Waals surface area contributed by atoms with Crippen LogP contribution in [0.4, 0.5) is 0 Å². The molecule has 1 aromatic carbocycles. The van der Waals surface area contributed by atoms with Crippen molar-refractivity contribution in [1.82, 2.24) is 9.88 Å². The second-order valence-electron chi connectivity index (χ2n) is 4.70. The van der Waals surface area contributed by atoms with Crippen molar-refractivity contribution in [2.75, 3.05) is 6.54 Å². The summed E-state index contributed by atoms with van der Waals surface area (Å²) >= 11 is 0. The highest BCUT2D eigenvalue weighted by Crippen LogP contribution is 2.20. The zero-order valence-electron chi connectivity index (χ0n) is 11.6. The third-order valence-corrected chi connectivity index (χ3v) is 3.31. The molecule has 0 aliphatic rings. The summed E-state index contributed by atoms with van der Waals surface area (Å²) in [6, 6.07) is 12.7. The van der Waals surface area contributed by atoms with Crippen molar-refractivity contribution in [3.8, 4) is 18.0 Å². The van der Waals surface area contributed by atoms with Crippen LogP contribution in [0.15, 0.2) is 36.4 Å². The standard InChI is InChI=1S/C17H20N2/c1-4-5-11-18-13-16-12-14(2)19(15(16)3)17-9-7-6-8-10-17/h1,6-10,12,18H,5,11,13H2,2-3H3. The molecule has 1 heterocycles. The molecule has 2 rings (SSSR count). The van der Waals surface area contributed by atoms with Crippen molar-refractivity contribution < 1.29 is 0 Å². The molecule has 0 saturated heterocycles. The lowest BCUT2D eigenvalue weighted by atomic mass is 10.2. The Morgan fingerprint density at radius 2 is 1.95 bits per heavy atom. The minimum absolute atomic E-state index is 0.775. The topological polar surface area (TPSA) is 17.0 Å². The Kier molecular flexibility index (Phi) is 4.43. The zero-order valence-corrected chi connectivity index (χ0v) is 11.6. The first kappa shape index (κ1) is 13.5. The van der Waals surface area contributed by atoms with E-state index in [0.29, 0.717) is 0 Å². The van der Waals surface area contributed by atoms with Gasteiger partial charge in [-0.05, 0) is 37.6 Å². The molecule has 98 valence electrons. The van der Waals surface area contributed by atoms with Crippen molar-refractivity contribution in [3.63, 3.8) is 0 Å². The molecule has 1 N–H and O–H groups in total. The summed E-state index contributed by atoms with van der Waals surface area (Å²) in [6.07, 6.45) is 6.02. The number of hydrogen-bond acceptors (Lipinski definition) is 1. The molecule has 0 spiro atoms. The van der Waals surface area contributed by atoms with E-state index in [9.17, 15) is 0 Å². The van der Waals surface area contributed by atoms with Crippen molar-refractivity contribution in [2.45, 2.75) is 26.8 Å². The van der Waals surface area contributed by atoms with E-state index in [1.54, 1.807) is 0 Å². The average molecular weight is 252 g/mol. The number of nitrogens with one attached hydrogen (secondary N) is 1. The highest BCUT2D eigenvalue weighted by molar-refractivity contribution is 5.40. The molecule has 2 nitrogen and oxygen atoms in total. The predicted molar refractivity (Wildman–Crippen MR) is 80.4 cm³/mol. The van der Waals surface area contributed by atoms with Gasteiger partial charge in [0.2, 0.25) is 0 Å². The number of terminal acetylenes is 1. The Morgan fingerprint density at radius 1 is 1.21 bits per heavy atom. The fourth-order valence-corrected chi connectivity index (χ4v) is 2.37. The molecule has 0 bridgehead atoms. The number of benzene rings is 1. The monoisotopic (exact) mass is 252 g/mol. The number of nitrogens with zero attached hydrogens (tertiary/aromatic N) is 1. The quantitative estimate of drug-likeness (QED) is 0.638. The van der Waals surface area contributed by atoms with Gasteiger partial charge in [0.15, 0.2) is 0 Å². The van der Waals surface area contributed by atoms with Crippen molar-refractivity contribution in [3.05, 3.63) is 53.3 Å². The normalized spacial score (nSPS) is 10.4. The van der Waals surface area contributed by atoms with Crippen LogP contribution < -0.4 is 5.32 Å². The van der Waals surface area contributed by atoms with Crippen LogP contribution in [0.2, 0.25) is 0 Å². The summed E-state index contributed by atoms with van der Waals surface area (Å²) in [5.74, 6) is 2.64. The van der Waals surface area contributed by atoms with E-state index < -0.39 is 0 Å². The number of para-hydroxylation sites is 1. The van der Waals surface area contributed by atoms with E-state index in [1.807, 2.05) is 6.07 Å². The molecule has 0 amide bonds. The Morgan fingerprint density at radius 3 is 2.63 bits per heavy atom. The number of aromatic nitrogens is 1. The molecule has 0 atom stereocenters. The number of aryl methyl sites for hydroxylation is 1. The van der Waals surface area contributed by atoms with Gasteiger partial charge >= 0.3 is 0 Å². The fourth-order valence-electron chi connectivity index (χ4n) is 2.37. The van der Waals surface area contributed by atoms with Gasteiger partial charge in [-0.15, -0.1) is 12.3 Å². The zero-order chi connectivity index (χ0) is 13.7. The summed E-state index contributed by atoms with van der Waals surface area (Å²) in [6.45, 7) is 6.04. The lowest BCUT2D eigenvalue weighted by Crippen LogP contribution is -2.14. The van der Waals surface area contributed by atoms with Gasteiger partial charge in [-0.25, -0.2) is 0 Å². The summed E-state index contributed by atoms with van der Waals surface area (Å²) in [7, 11) is 0. The molecule has 0 unspecified atom stereocenters. The van der Waals surface area contributed by atoms with Crippen LogP contribution in [-0.2, 0) is 6.54 Å². The van der Waals surface area contributed by atoms with Crippen LogP contribution in [-0.4, -0.2) is 11.1 Å². The van der Waals surface area contributed by atoms with Gasteiger partial charge in [-0.1, -0.05) is 18.2 Å². The van der Waals surface area contributed by atoms with Gasteiger partial charge in [0, 0.05) is 36.6 Å². The van der Waals surface area contributed by atoms with E-state index in [-0.39, 0.29) is 0 Å². The third kappa shape index (κ3) is 3.07. The van der Waals surface area contributed by atoms with Crippen molar-refractivity contribution in [2.24, 2.45) is 0 Å². The molecular formula is C17H20N2. The molecule has 1 aromatic heterocycles. The Bertz CT molecular complexity index is 573. The first-order chi connectivity index (χ1) is 9.24.